The highest BCUT2D eigenvalue weighted by molar-refractivity contribution is 7.91. The summed E-state index contributed by atoms with van der Waals surface area (Å²) >= 11 is 0. The number of nitrogens with zero attached hydrogens (tertiary/aromatic N) is 3. The summed E-state index contributed by atoms with van der Waals surface area (Å²) in [7, 11) is -3.34. The molecule has 0 saturated heterocycles. The van der Waals surface area contributed by atoms with Gasteiger partial charge in [-0.1, -0.05) is 12.1 Å². The number of hydrogen-bond donors (Lipinski definition) is 0. The van der Waals surface area contributed by atoms with E-state index in [4.69, 9.17) is 0 Å². The number of hydrogen-bond acceptors (Lipinski definition) is 5. The summed E-state index contributed by atoms with van der Waals surface area (Å²) in [4.78, 5) is 33.9. The number of aromatic nitrogens is 1. The molecule has 3 aromatic rings. The molecule has 0 unspecified atom stereocenters. The van der Waals surface area contributed by atoms with E-state index in [-0.39, 0.29) is 34.4 Å². The fourth-order valence-corrected chi connectivity index (χ4v) is 5.91. The Morgan fingerprint density at radius 1 is 0.914 bits per heavy atom. The number of benzene rings is 2. The molecular formula is C27H27N3O4S. The molecule has 0 aliphatic heterocycles. The highest BCUT2D eigenvalue weighted by Crippen LogP contribution is 2.35. The van der Waals surface area contributed by atoms with Crippen LogP contribution in [0.25, 0.3) is 0 Å². The first kappa shape index (κ1) is 23.2. The van der Waals surface area contributed by atoms with Gasteiger partial charge in [0.05, 0.1) is 10.6 Å². The molecule has 2 saturated carbocycles. The zero-order valence-corrected chi connectivity index (χ0v) is 20.3. The molecule has 0 radical (unpaired) electrons. The van der Waals surface area contributed by atoms with Crippen molar-refractivity contribution in [3.05, 3.63) is 78.5 Å². The van der Waals surface area contributed by atoms with Crippen molar-refractivity contribution in [2.45, 2.75) is 43.5 Å². The van der Waals surface area contributed by atoms with Crippen molar-refractivity contribution in [1.82, 2.24) is 4.98 Å². The molecule has 1 aromatic heterocycles. The quantitative estimate of drug-likeness (QED) is 0.455. The highest BCUT2D eigenvalue weighted by Gasteiger charge is 2.35. The third-order valence-electron chi connectivity index (χ3n) is 6.30. The predicted octanol–water partition coefficient (Wildman–Crippen LogP) is 4.76. The molecule has 2 amide bonds. The fraction of sp³-hybridized carbons (Fsp3) is 0.296. The van der Waals surface area contributed by atoms with Gasteiger partial charge in [0.25, 0.3) is 5.91 Å². The monoisotopic (exact) mass is 489 g/mol. The van der Waals surface area contributed by atoms with E-state index < -0.39 is 9.84 Å². The summed E-state index contributed by atoms with van der Waals surface area (Å²) in [5.74, 6) is 0.623. The third kappa shape index (κ3) is 5.12. The maximum atomic E-state index is 13.5. The maximum Gasteiger partial charge on any atom is 0.259 e. The standard InChI is InChI=1S/C27H27N3O4S/c1-19(31)29(22-12-14-25(15-13-22)35(33,34)18-20-8-9-20)24-6-4-5-21(17-24)27(32)30(23-10-11-23)26-7-2-3-16-28-26/h2-7,12-17,20,23H,8-11,18H2,1H3. The molecule has 0 atom stereocenters. The summed E-state index contributed by atoms with van der Waals surface area (Å²) in [5, 5.41) is 0. The van der Waals surface area contributed by atoms with Crippen molar-refractivity contribution in [2.24, 2.45) is 5.92 Å². The molecule has 2 aromatic carbocycles. The first-order valence-electron chi connectivity index (χ1n) is 11.8. The van der Waals surface area contributed by atoms with Crippen molar-refractivity contribution in [3.63, 3.8) is 0 Å². The molecule has 7 nitrogen and oxygen atoms in total. The van der Waals surface area contributed by atoms with Gasteiger partial charge in [0.1, 0.15) is 5.82 Å². The van der Waals surface area contributed by atoms with Gasteiger partial charge in [-0.25, -0.2) is 13.4 Å². The molecule has 2 aliphatic rings. The van der Waals surface area contributed by atoms with Crippen molar-refractivity contribution in [2.75, 3.05) is 15.6 Å². The first-order chi connectivity index (χ1) is 16.8. The Hall–Kier alpha value is -3.52. The molecule has 8 heteroatoms. The first-order valence-corrected chi connectivity index (χ1v) is 13.5. The minimum absolute atomic E-state index is 0.120. The van der Waals surface area contributed by atoms with Crippen LogP contribution in [0.15, 0.2) is 77.8 Å². The van der Waals surface area contributed by atoms with Crippen LogP contribution in [0.3, 0.4) is 0 Å². The van der Waals surface area contributed by atoms with Gasteiger partial charge in [0.15, 0.2) is 9.84 Å². The van der Waals surface area contributed by atoms with Crippen LogP contribution in [0.1, 0.15) is 43.0 Å². The van der Waals surface area contributed by atoms with Crippen LogP contribution in [-0.4, -0.2) is 37.0 Å². The summed E-state index contributed by atoms with van der Waals surface area (Å²) in [5.41, 5.74) is 1.53. The van der Waals surface area contributed by atoms with Crippen LogP contribution in [0.5, 0.6) is 0 Å². The molecule has 2 fully saturated rings. The third-order valence-corrected chi connectivity index (χ3v) is 8.20. The van der Waals surface area contributed by atoms with Crippen LogP contribution in [-0.2, 0) is 14.6 Å². The van der Waals surface area contributed by atoms with E-state index in [1.165, 1.54) is 11.8 Å². The van der Waals surface area contributed by atoms with E-state index in [2.05, 4.69) is 4.98 Å². The minimum Gasteiger partial charge on any atom is -0.290 e. The van der Waals surface area contributed by atoms with Gasteiger partial charge in [-0.3, -0.25) is 19.4 Å². The Labute approximate surface area is 205 Å². The second-order valence-electron chi connectivity index (χ2n) is 9.22. The van der Waals surface area contributed by atoms with E-state index in [0.29, 0.717) is 22.8 Å². The van der Waals surface area contributed by atoms with Gasteiger partial charge in [0.2, 0.25) is 5.91 Å². The Kier molecular flexibility index (Phi) is 6.15. The fourth-order valence-electron chi connectivity index (χ4n) is 4.21. The summed E-state index contributed by atoms with van der Waals surface area (Å²) in [6.45, 7) is 1.44. The number of sulfone groups is 1. The van der Waals surface area contributed by atoms with E-state index in [0.717, 1.165) is 25.7 Å². The van der Waals surface area contributed by atoms with Crippen molar-refractivity contribution < 1.29 is 18.0 Å². The molecule has 180 valence electrons. The van der Waals surface area contributed by atoms with E-state index in [1.54, 1.807) is 59.6 Å². The van der Waals surface area contributed by atoms with Crippen LogP contribution < -0.4 is 9.80 Å². The summed E-state index contributed by atoms with van der Waals surface area (Å²) in [6, 6.07) is 18.9. The lowest BCUT2D eigenvalue weighted by molar-refractivity contribution is -0.115. The van der Waals surface area contributed by atoms with E-state index in [1.807, 2.05) is 18.2 Å². The van der Waals surface area contributed by atoms with Gasteiger partial charge in [0, 0.05) is 36.1 Å². The van der Waals surface area contributed by atoms with Gasteiger partial charge < -0.3 is 0 Å². The Balaban J connectivity index is 1.43. The second-order valence-corrected chi connectivity index (χ2v) is 11.3. The predicted molar refractivity (Wildman–Crippen MR) is 135 cm³/mol. The zero-order valence-electron chi connectivity index (χ0n) is 19.5. The number of carbonyl (C=O) groups excluding carboxylic acids is 2. The minimum atomic E-state index is -3.34. The van der Waals surface area contributed by atoms with Gasteiger partial charge >= 0.3 is 0 Å². The van der Waals surface area contributed by atoms with Crippen molar-refractivity contribution >= 4 is 38.8 Å². The number of pyridine rings is 1. The number of amides is 2. The topological polar surface area (TPSA) is 87.7 Å². The molecule has 35 heavy (non-hydrogen) atoms. The Morgan fingerprint density at radius 3 is 2.26 bits per heavy atom. The number of anilines is 3. The lowest BCUT2D eigenvalue weighted by Crippen LogP contribution is -2.34. The van der Waals surface area contributed by atoms with Crippen LogP contribution in [0.2, 0.25) is 0 Å². The number of carbonyl (C=O) groups is 2. The molecular weight excluding hydrogens is 462 g/mol. The van der Waals surface area contributed by atoms with E-state index in [9.17, 15) is 18.0 Å². The molecule has 2 aliphatic carbocycles. The Morgan fingerprint density at radius 2 is 1.66 bits per heavy atom. The van der Waals surface area contributed by atoms with E-state index >= 15 is 0 Å². The van der Waals surface area contributed by atoms with Gasteiger partial charge in [-0.15, -0.1) is 0 Å². The van der Waals surface area contributed by atoms with Crippen molar-refractivity contribution in [1.29, 1.82) is 0 Å². The molecule has 0 spiro atoms. The normalized spacial score (nSPS) is 15.5. The number of rotatable bonds is 8. The molecule has 1 heterocycles. The molecule has 5 rings (SSSR count). The Bertz CT molecular complexity index is 1350. The smallest absolute Gasteiger partial charge is 0.259 e. The highest BCUT2D eigenvalue weighted by atomic mass is 32.2. The van der Waals surface area contributed by atoms with Crippen molar-refractivity contribution in [3.8, 4) is 0 Å². The van der Waals surface area contributed by atoms with Crippen LogP contribution in [0, 0.1) is 5.92 Å². The maximum absolute atomic E-state index is 13.5. The average molecular weight is 490 g/mol. The lowest BCUT2D eigenvalue weighted by atomic mass is 10.1. The molecule has 0 N–H and O–H groups in total. The van der Waals surface area contributed by atoms with Gasteiger partial charge in [-0.05, 0) is 86.2 Å². The van der Waals surface area contributed by atoms with Crippen LogP contribution in [0.4, 0.5) is 17.2 Å². The summed E-state index contributed by atoms with van der Waals surface area (Å²) in [6.07, 6.45) is 5.45. The van der Waals surface area contributed by atoms with Crippen LogP contribution >= 0.6 is 0 Å². The zero-order chi connectivity index (χ0) is 24.6. The average Bonchev–Trinajstić information content (AvgIpc) is 3.77. The summed E-state index contributed by atoms with van der Waals surface area (Å²) < 4.78 is 25.2. The lowest BCUT2D eigenvalue weighted by Gasteiger charge is -2.24. The van der Waals surface area contributed by atoms with Gasteiger partial charge in [-0.2, -0.15) is 0 Å². The molecule has 0 bridgehead atoms. The SMILES string of the molecule is CC(=O)N(c1ccc(S(=O)(=O)CC2CC2)cc1)c1cccc(C(=O)N(c2ccccn2)C2CC2)c1. The largest absolute Gasteiger partial charge is 0.290 e. The second kappa shape index (κ2) is 9.26.